The predicted octanol–water partition coefficient (Wildman–Crippen LogP) is 2.55. The number of aromatic nitrogens is 3. The molecule has 90 valence electrons. The molecule has 0 aliphatic carbocycles. The highest BCUT2D eigenvalue weighted by atomic mass is 32.1. The van der Waals surface area contributed by atoms with Crippen molar-refractivity contribution >= 4 is 23.3 Å². The van der Waals surface area contributed by atoms with Gasteiger partial charge in [0.05, 0.1) is 11.2 Å². The lowest BCUT2D eigenvalue weighted by atomic mass is 10.1. The Morgan fingerprint density at radius 1 is 1.28 bits per heavy atom. The highest BCUT2D eigenvalue weighted by Crippen LogP contribution is 2.21. The minimum absolute atomic E-state index is 0.431. The second-order valence-corrected chi connectivity index (χ2v) is 4.37. The first-order chi connectivity index (χ1) is 8.61. The molecule has 0 amide bonds. The van der Waals surface area contributed by atoms with E-state index in [9.17, 15) is 4.79 Å². The summed E-state index contributed by atoms with van der Waals surface area (Å²) in [7, 11) is 0. The van der Waals surface area contributed by atoms with Crippen molar-refractivity contribution < 1.29 is 4.42 Å². The SMILES string of the molecule is Cc1cc(-c2ccc3[nH]c(=O)oc3c2)nc(=S)[nH]1. The number of H-pyrrole nitrogens is 2. The Kier molecular flexibility index (Phi) is 2.38. The Morgan fingerprint density at radius 3 is 2.89 bits per heavy atom. The van der Waals surface area contributed by atoms with Gasteiger partial charge in [-0.2, -0.15) is 0 Å². The summed E-state index contributed by atoms with van der Waals surface area (Å²) in [4.78, 5) is 20.9. The minimum Gasteiger partial charge on any atom is -0.408 e. The van der Waals surface area contributed by atoms with Crippen molar-refractivity contribution in [3.63, 3.8) is 0 Å². The highest BCUT2D eigenvalue weighted by Gasteiger charge is 2.05. The summed E-state index contributed by atoms with van der Waals surface area (Å²) in [6.07, 6.45) is 0. The molecular formula is C12H9N3O2S. The normalized spacial score (nSPS) is 10.9. The van der Waals surface area contributed by atoms with Crippen LogP contribution in [0.25, 0.3) is 22.4 Å². The van der Waals surface area contributed by atoms with Crippen LogP contribution in [0.15, 0.2) is 33.5 Å². The summed E-state index contributed by atoms with van der Waals surface area (Å²) in [6, 6.07) is 7.31. The largest absolute Gasteiger partial charge is 0.417 e. The molecule has 0 aliphatic heterocycles. The molecule has 5 nitrogen and oxygen atoms in total. The lowest BCUT2D eigenvalue weighted by molar-refractivity contribution is 0.555. The maximum Gasteiger partial charge on any atom is 0.417 e. The molecule has 2 aromatic heterocycles. The van der Waals surface area contributed by atoms with E-state index in [1.807, 2.05) is 19.1 Å². The molecule has 0 bridgehead atoms. The molecule has 2 N–H and O–H groups in total. The van der Waals surface area contributed by atoms with Gasteiger partial charge in [-0.15, -0.1) is 0 Å². The van der Waals surface area contributed by atoms with Gasteiger partial charge in [0.25, 0.3) is 0 Å². The number of nitrogens with zero attached hydrogens (tertiary/aromatic N) is 1. The summed E-state index contributed by atoms with van der Waals surface area (Å²) in [5.74, 6) is -0.461. The molecule has 18 heavy (non-hydrogen) atoms. The fourth-order valence-corrected chi connectivity index (χ4v) is 2.09. The molecule has 2 heterocycles. The fourth-order valence-electron chi connectivity index (χ4n) is 1.83. The minimum atomic E-state index is -0.461. The van der Waals surface area contributed by atoms with Crippen LogP contribution >= 0.6 is 12.2 Å². The number of aromatic amines is 2. The van der Waals surface area contributed by atoms with Gasteiger partial charge in [-0.3, -0.25) is 4.98 Å². The number of rotatable bonds is 1. The van der Waals surface area contributed by atoms with Gasteiger partial charge in [0.2, 0.25) is 0 Å². The summed E-state index contributed by atoms with van der Waals surface area (Å²) >= 11 is 5.04. The van der Waals surface area contributed by atoms with E-state index in [1.165, 1.54) is 0 Å². The van der Waals surface area contributed by atoms with E-state index < -0.39 is 5.76 Å². The Bertz CT molecular complexity index is 844. The molecular weight excluding hydrogens is 250 g/mol. The van der Waals surface area contributed by atoms with Crippen molar-refractivity contribution in [2.75, 3.05) is 0 Å². The van der Waals surface area contributed by atoms with Crippen LogP contribution in [0.3, 0.4) is 0 Å². The summed E-state index contributed by atoms with van der Waals surface area (Å²) in [5.41, 5.74) is 3.72. The number of benzene rings is 1. The van der Waals surface area contributed by atoms with Gasteiger partial charge in [-0.25, -0.2) is 9.78 Å². The van der Waals surface area contributed by atoms with Gasteiger partial charge < -0.3 is 9.40 Å². The van der Waals surface area contributed by atoms with Crippen molar-refractivity contribution in [3.05, 3.63) is 45.3 Å². The van der Waals surface area contributed by atoms with Gasteiger partial charge in [0, 0.05) is 11.3 Å². The number of nitrogens with one attached hydrogen (secondary N) is 2. The first-order valence-electron chi connectivity index (χ1n) is 5.33. The van der Waals surface area contributed by atoms with Gasteiger partial charge in [0.15, 0.2) is 10.4 Å². The zero-order valence-corrected chi connectivity index (χ0v) is 10.3. The lowest BCUT2D eigenvalue weighted by Gasteiger charge is -2.01. The van der Waals surface area contributed by atoms with Crippen LogP contribution in [0, 0.1) is 11.7 Å². The van der Waals surface area contributed by atoms with E-state index in [0.29, 0.717) is 15.9 Å². The molecule has 1 aromatic carbocycles. The van der Waals surface area contributed by atoms with Crippen molar-refractivity contribution in [3.8, 4) is 11.3 Å². The lowest BCUT2D eigenvalue weighted by Crippen LogP contribution is -1.92. The average molecular weight is 259 g/mol. The third-order valence-corrected chi connectivity index (χ3v) is 2.79. The quantitative estimate of drug-likeness (QED) is 0.658. The van der Waals surface area contributed by atoms with E-state index in [4.69, 9.17) is 16.6 Å². The fraction of sp³-hybridized carbons (Fsp3) is 0.0833. The third kappa shape index (κ3) is 1.86. The van der Waals surface area contributed by atoms with Crippen LogP contribution in [-0.2, 0) is 0 Å². The van der Waals surface area contributed by atoms with Crippen LogP contribution < -0.4 is 5.76 Å². The second kappa shape index (κ2) is 3.92. The van der Waals surface area contributed by atoms with Crippen molar-refractivity contribution in [1.82, 2.24) is 15.0 Å². The maximum absolute atomic E-state index is 11.1. The monoisotopic (exact) mass is 259 g/mol. The van der Waals surface area contributed by atoms with Crippen molar-refractivity contribution in [2.45, 2.75) is 6.92 Å². The predicted molar refractivity (Wildman–Crippen MR) is 70.0 cm³/mol. The Hall–Kier alpha value is -2.21. The molecule has 3 rings (SSSR count). The summed E-state index contributed by atoms with van der Waals surface area (Å²) < 4.78 is 5.45. The highest BCUT2D eigenvalue weighted by molar-refractivity contribution is 7.71. The standard InChI is InChI=1S/C12H9N3O2S/c1-6-4-9(14-11(18)13-6)7-2-3-8-10(5-7)17-12(16)15-8/h2-5H,1H3,(H,15,16)(H,13,14,18). The zero-order valence-electron chi connectivity index (χ0n) is 9.48. The summed E-state index contributed by atoms with van der Waals surface area (Å²) in [5, 5.41) is 0. The molecule has 0 spiro atoms. The molecule has 0 atom stereocenters. The first kappa shape index (κ1) is 10.9. The van der Waals surface area contributed by atoms with E-state index in [0.717, 1.165) is 17.0 Å². The average Bonchev–Trinajstić information content (AvgIpc) is 2.66. The van der Waals surface area contributed by atoms with Gasteiger partial charge in [-0.05, 0) is 37.3 Å². The maximum atomic E-state index is 11.1. The number of hydrogen-bond acceptors (Lipinski definition) is 4. The molecule has 0 saturated heterocycles. The topological polar surface area (TPSA) is 74.7 Å². The number of oxazole rings is 1. The Labute approximate surface area is 107 Å². The molecule has 0 unspecified atom stereocenters. The van der Waals surface area contributed by atoms with Crippen LogP contribution in [-0.4, -0.2) is 15.0 Å². The van der Waals surface area contributed by atoms with E-state index in [1.54, 1.807) is 12.1 Å². The van der Waals surface area contributed by atoms with Crippen molar-refractivity contribution in [1.29, 1.82) is 0 Å². The first-order valence-corrected chi connectivity index (χ1v) is 5.74. The molecule has 0 aliphatic rings. The van der Waals surface area contributed by atoms with Crippen LogP contribution in [0.4, 0.5) is 0 Å². The molecule has 3 aromatic rings. The smallest absolute Gasteiger partial charge is 0.408 e. The number of fused-ring (bicyclic) bond motifs is 1. The van der Waals surface area contributed by atoms with Crippen molar-refractivity contribution in [2.24, 2.45) is 0 Å². The molecule has 6 heteroatoms. The Balaban J connectivity index is 2.24. The van der Waals surface area contributed by atoms with E-state index >= 15 is 0 Å². The molecule has 0 fully saturated rings. The van der Waals surface area contributed by atoms with Gasteiger partial charge in [-0.1, -0.05) is 6.07 Å². The number of hydrogen-bond donors (Lipinski definition) is 2. The molecule has 0 radical (unpaired) electrons. The van der Waals surface area contributed by atoms with Gasteiger partial charge >= 0.3 is 5.76 Å². The van der Waals surface area contributed by atoms with Crippen LogP contribution in [0.5, 0.6) is 0 Å². The van der Waals surface area contributed by atoms with E-state index in [2.05, 4.69) is 15.0 Å². The number of aryl methyl sites for hydroxylation is 1. The second-order valence-electron chi connectivity index (χ2n) is 3.98. The third-order valence-electron chi connectivity index (χ3n) is 2.60. The summed E-state index contributed by atoms with van der Waals surface area (Å²) in [6.45, 7) is 1.91. The zero-order chi connectivity index (χ0) is 12.7. The van der Waals surface area contributed by atoms with E-state index in [-0.39, 0.29) is 0 Å². The van der Waals surface area contributed by atoms with Crippen LogP contribution in [0.1, 0.15) is 5.69 Å². The Morgan fingerprint density at radius 2 is 2.11 bits per heavy atom. The molecule has 0 saturated carbocycles. The van der Waals surface area contributed by atoms with Crippen LogP contribution in [0.2, 0.25) is 0 Å². The van der Waals surface area contributed by atoms with Gasteiger partial charge in [0.1, 0.15) is 0 Å².